The fourth-order valence-electron chi connectivity index (χ4n) is 2.81. The molecule has 2 aromatic carbocycles. The molecule has 0 saturated heterocycles. The van der Waals surface area contributed by atoms with Crippen LogP contribution in [0.25, 0.3) is 11.6 Å². The number of hydrogen-bond donors (Lipinski definition) is 0. The number of non-ortho nitro benzene ring substituents is 1. The topological polar surface area (TPSA) is 130 Å². The maximum Gasteiger partial charge on any atom is 0.290 e. The van der Waals surface area contributed by atoms with Crippen LogP contribution in [0, 0.1) is 20.2 Å². The molecule has 30 heavy (non-hydrogen) atoms. The predicted molar refractivity (Wildman–Crippen MR) is 107 cm³/mol. The molecule has 4 aromatic rings. The van der Waals surface area contributed by atoms with Gasteiger partial charge in [0, 0.05) is 6.07 Å². The van der Waals surface area contributed by atoms with Gasteiger partial charge in [-0.2, -0.15) is 0 Å². The van der Waals surface area contributed by atoms with Crippen LogP contribution in [0.5, 0.6) is 0 Å². The molecule has 150 valence electrons. The zero-order valence-electron chi connectivity index (χ0n) is 15.2. The average Bonchev–Trinajstić information content (AvgIpc) is 3.39. The molecule has 0 unspecified atom stereocenters. The molecule has 0 aliphatic rings. The summed E-state index contributed by atoms with van der Waals surface area (Å²) in [6.07, 6.45) is 1.52. The third-order valence-electron chi connectivity index (χ3n) is 4.19. The molecule has 2 aromatic heterocycles. The number of benzene rings is 2. The van der Waals surface area contributed by atoms with E-state index in [4.69, 9.17) is 4.42 Å². The largest absolute Gasteiger partial charge is 0.461 e. The molecule has 10 nitrogen and oxygen atoms in total. The summed E-state index contributed by atoms with van der Waals surface area (Å²) in [7, 11) is 0. The highest BCUT2D eigenvalue weighted by molar-refractivity contribution is 7.99. The quantitative estimate of drug-likeness (QED) is 0.312. The SMILES string of the molecule is O=[N+]([O-])c1ccc(Sc2nnc(-c3ccco3)n2Cc2ccccc2)c([N+](=O)[O-])c1. The predicted octanol–water partition coefficient (Wildman–Crippen LogP) is 4.55. The van der Waals surface area contributed by atoms with Crippen LogP contribution in [-0.2, 0) is 6.54 Å². The Balaban J connectivity index is 1.76. The zero-order chi connectivity index (χ0) is 21.1. The minimum absolute atomic E-state index is 0.221. The summed E-state index contributed by atoms with van der Waals surface area (Å²) < 4.78 is 7.23. The number of nitro benzene ring substituents is 2. The van der Waals surface area contributed by atoms with Crippen LogP contribution < -0.4 is 0 Å². The van der Waals surface area contributed by atoms with Gasteiger partial charge < -0.3 is 4.42 Å². The van der Waals surface area contributed by atoms with E-state index in [0.717, 1.165) is 23.4 Å². The minimum atomic E-state index is -0.672. The number of aromatic nitrogens is 3. The number of nitro groups is 2. The van der Waals surface area contributed by atoms with Gasteiger partial charge in [0.1, 0.15) is 0 Å². The highest BCUT2D eigenvalue weighted by Gasteiger charge is 2.24. The lowest BCUT2D eigenvalue weighted by Crippen LogP contribution is -2.04. The standard InChI is InChI=1S/C19H13N5O5S/c25-23(26)14-8-9-17(15(11-14)24(27)28)30-19-21-20-18(16-7-4-10-29-16)22(19)12-13-5-2-1-3-6-13/h1-11H,12H2. The van der Waals surface area contributed by atoms with E-state index in [1.807, 2.05) is 30.3 Å². The molecule has 0 radical (unpaired) electrons. The Bertz CT molecular complexity index is 1210. The second-order valence-electron chi connectivity index (χ2n) is 6.12. The molecule has 0 spiro atoms. The Morgan fingerprint density at radius 2 is 1.77 bits per heavy atom. The van der Waals surface area contributed by atoms with Gasteiger partial charge in [-0.15, -0.1) is 10.2 Å². The van der Waals surface area contributed by atoms with Crippen LogP contribution in [0.2, 0.25) is 0 Å². The van der Waals surface area contributed by atoms with Gasteiger partial charge in [0.15, 0.2) is 10.9 Å². The third kappa shape index (κ3) is 3.91. The summed E-state index contributed by atoms with van der Waals surface area (Å²) in [5.41, 5.74) is 0.251. The number of hydrogen-bond acceptors (Lipinski definition) is 8. The molecule has 4 rings (SSSR count). The van der Waals surface area contributed by atoms with Crippen molar-refractivity contribution in [3.63, 3.8) is 0 Å². The molecule has 0 N–H and O–H groups in total. The normalized spacial score (nSPS) is 10.8. The highest BCUT2D eigenvalue weighted by atomic mass is 32.2. The lowest BCUT2D eigenvalue weighted by atomic mass is 10.2. The minimum Gasteiger partial charge on any atom is -0.461 e. The zero-order valence-corrected chi connectivity index (χ0v) is 16.1. The summed E-state index contributed by atoms with van der Waals surface area (Å²) in [6.45, 7) is 0.410. The van der Waals surface area contributed by atoms with Crippen molar-refractivity contribution in [3.8, 4) is 11.6 Å². The van der Waals surface area contributed by atoms with Crippen LogP contribution >= 0.6 is 11.8 Å². The molecular weight excluding hydrogens is 410 g/mol. The second kappa shape index (κ2) is 8.17. The molecule has 0 amide bonds. The third-order valence-corrected chi connectivity index (χ3v) is 5.24. The maximum atomic E-state index is 11.5. The first kappa shape index (κ1) is 19.3. The molecule has 0 saturated carbocycles. The van der Waals surface area contributed by atoms with Crippen molar-refractivity contribution in [3.05, 3.63) is 92.7 Å². The van der Waals surface area contributed by atoms with Crippen molar-refractivity contribution in [1.82, 2.24) is 14.8 Å². The van der Waals surface area contributed by atoms with E-state index in [9.17, 15) is 20.2 Å². The van der Waals surface area contributed by atoms with Crippen molar-refractivity contribution in [2.24, 2.45) is 0 Å². The van der Waals surface area contributed by atoms with Crippen molar-refractivity contribution >= 4 is 23.1 Å². The summed E-state index contributed by atoms with van der Waals surface area (Å²) in [5.74, 6) is 0.972. The van der Waals surface area contributed by atoms with E-state index in [1.54, 1.807) is 16.7 Å². The maximum absolute atomic E-state index is 11.5. The average molecular weight is 423 g/mol. The Hall–Kier alpha value is -3.99. The molecule has 11 heteroatoms. The van der Waals surface area contributed by atoms with Crippen molar-refractivity contribution < 1.29 is 14.3 Å². The number of furan rings is 1. The molecule has 0 fully saturated rings. The molecule has 0 aliphatic heterocycles. The summed E-state index contributed by atoms with van der Waals surface area (Å²) in [4.78, 5) is 21.3. The van der Waals surface area contributed by atoms with E-state index in [0.29, 0.717) is 23.3 Å². The summed E-state index contributed by atoms with van der Waals surface area (Å²) in [5, 5.41) is 31.2. The second-order valence-corrected chi connectivity index (χ2v) is 7.13. The van der Waals surface area contributed by atoms with Crippen molar-refractivity contribution in [1.29, 1.82) is 0 Å². The van der Waals surface area contributed by atoms with Gasteiger partial charge in [0.25, 0.3) is 11.4 Å². The van der Waals surface area contributed by atoms with Crippen LogP contribution in [-0.4, -0.2) is 24.6 Å². The van der Waals surface area contributed by atoms with Crippen LogP contribution in [0.1, 0.15) is 5.56 Å². The smallest absolute Gasteiger partial charge is 0.290 e. The number of rotatable bonds is 7. The monoisotopic (exact) mass is 423 g/mol. The Morgan fingerprint density at radius 1 is 0.967 bits per heavy atom. The molecule has 0 bridgehead atoms. The first-order valence-electron chi connectivity index (χ1n) is 8.64. The van der Waals surface area contributed by atoms with E-state index >= 15 is 0 Å². The van der Waals surface area contributed by atoms with Crippen LogP contribution in [0.15, 0.2) is 81.4 Å². The molecule has 2 heterocycles. The van der Waals surface area contributed by atoms with Gasteiger partial charge in [-0.1, -0.05) is 30.3 Å². The molecule has 0 atom stereocenters. The summed E-state index contributed by atoms with van der Waals surface area (Å²) in [6, 6.07) is 16.6. The highest BCUT2D eigenvalue weighted by Crippen LogP contribution is 2.37. The fraction of sp³-hybridized carbons (Fsp3) is 0.0526. The van der Waals surface area contributed by atoms with Gasteiger partial charge in [0.2, 0.25) is 5.82 Å². The van der Waals surface area contributed by atoms with Gasteiger partial charge in [-0.25, -0.2) is 0 Å². The molecular formula is C19H13N5O5S. The lowest BCUT2D eigenvalue weighted by molar-refractivity contribution is -0.396. The Labute approximate surface area is 173 Å². The van der Waals surface area contributed by atoms with Gasteiger partial charge in [-0.3, -0.25) is 24.8 Å². The van der Waals surface area contributed by atoms with Gasteiger partial charge in [0.05, 0.1) is 33.6 Å². The summed E-state index contributed by atoms with van der Waals surface area (Å²) >= 11 is 1.01. The van der Waals surface area contributed by atoms with Gasteiger partial charge >= 0.3 is 0 Å². The Kier molecular flexibility index (Phi) is 5.26. The number of nitrogens with zero attached hydrogens (tertiary/aromatic N) is 5. The van der Waals surface area contributed by atoms with Gasteiger partial charge in [-0.05, 0) is 35.5 Å². The first-order chi connectivity index (χ1) is 14.5. The van der Waals surface area contributed by atoms with Crippen molar-refractivity contribution in [2.75, 3.05) is 0 Å². The van der Waals surface area contributed by atoms with E-state index < -0.39 is 9.85 Å². The van der Waals surface area contributed by atoms with E-state index in [1.165, 1.54) is 18.4 Å². The van der Waals surface area contributed by atoms with E-state index in [2.05, 4.69) is 10.2 Å². The van der Waals surface area contributed by atoms with Crippen LogP contribution in [0.3, 0.4) is 0 Å². The van der Waals surface area contributed by atoms with E-state index in [-0.39, 0.29) is 16.3 Å². The lowest BCUT2D eigenvalue weighted by Gasteiger charge is -2.09. The fourth-order valence-corrected chi connectivity index (χ4v) is 3.72. The first-order valence-corrected chi connectivity index (χ1v) is 9.46. The molecule has 0 aliphatic carbocycles. The van der Waals surface area contributed by atoms with Crippen LogP contribution in [0.4, 0.5) is 11.4 Å². The van der Waals surface area contributed by atoms with Crippen molar-refractivity contribution in [2.45, 2.75) is 16.6 Å². The Morgan fingerprint density at radius 3 is 2.43 bits per heavy atom.